The highest BCUT2D eigenvalue weighted by Crippen LogP contribution is 2.36. The summed E-state index contributed by atoms with van der Waals surface area (Å²) in [7, 11) is -3.13. The minimum atomic E-state index is -3.13. The van der Waals surface area contributed by atoms with Crippen molar-refractivity contribution in [3.63, 3.8) is 0 Å². The fraction of sp³-hybridized carbons (Fsp3) is 0.448. The van der Waals surface area contributed by atoms with Gasteiger partial charge >= 0.3 is 17.9 Å². The van der Waals surface area contributed by atoms with Crippen molar-refractivity contribution in [1.82, 2.24) is 29.4 Å². The minimum Gasteiger partial charge on any atom is -0.481 e. The van der Waals surface area contributed by atoms with E-state index >= 15 is 0 Å². The van der Waals surface area contributed by atoms with Crippen molar-refractivity contribution in [2.75, 3.05) is 63.6 Å². The number of carbonyl (C=O) groups is 3. The average Bonchev–Trinajstić information content (AvgIpc) is 3.67. The number of thiophene rings is 1. The molecule has 5 N–H and O–H groups in total. The Hall–Kier alpha value is -4.27. The Morgan fingerprint density at radius 2 is 1.67 bits per heavy atom. The molecule has 258 valence electrons. The van der Waals surface area contributed by atoms with E-state index in [1.54, 1.807) is 15.6 Å². The van der Waals surface area contributed by atoms with Gasteiger partial charge in [0.25, 0.3) is 0 Å². The van der Waals surface area contributed by atoms with Gasteiger partial charge in [0.05, 0.1) is 54.2 Å². The number of carboxylic acids is 3. The lowest BCUT2D eigenvalue weighted by molar-refractivity contribution is -0.170. The SMILES string of the molecule is CS(=O)(=O)N1CCN(Cc2cc3nc(-c4cccc5[nH]ncc45)nc(N4CCOCC4)c3s2)CC1.O=C(O)CC(O)(CC(=O)O)C(=O)O. The summed E-state index contributed by atoms with van der Waals surface area (Å²) in [6, 6.07) is 8.19. The number of aliphatic hydroxyl groups is 1. The molecule has 4 aromatic rings. The van der Waals surface area contributed by atoms with Crippen LogP contribution in [0.15, 0.2) is 30.5 Å². The van der Waals surface area contributed by atoms with Gasteiger partial charge in [-0.05, 0) is 12.1 Å². The zero-order chi connectivity index (χ0) is 34.6. The molecule has 0 unspecified atom stereocenters. The molecule has 48 heavy (non-hydrogen) atoms. The van der Waals surface area contributed by atoms with Gasteiger partial charge in [-0.15, -0.1) is 11.3 Å². The molecule has 3 aromatic heterocycles. The Morgan fingerprint density at radius 1 is 1.00 bits per heavy atom. The highest BCUT2D eigenvalue weighted by Gasteiger charge is 2.40. The highest BCUT2D eigenvalue weighted by atomic mass is 32.2. The lowest BCUT2D eigenvalue weighted by Crippen LogP contribution is -2.47. The third-order valence-corrected chi connectivity index (χ3v) is 10.3. The molecule has 2 saturated heterocycles. The van der Waals surface area contributed by atoms with E-state index in [0.717, 1.165) is 65.2 Å². The molecule has 0 saturated carbocycles. The molecular formula is C29H35N7O10S2. The molecule has 19 heteroatoms. The number of rotatable bonds is 10. The zero-order valence-electron chi connectivity index (χ0n) is 25.9. The van der Waals surface area contributed by atoms with Gasteiger partial charge in [-0.25, -0.2) is 23.2 Å². The van der Waals surface area contributed by atoms with Crippen molar-refractivity contribution in [1.29, 1.82) is 0 Å². The number of hydrogen-bond acceptors (Lipinski definition) is 13. The van der Waals surface area contributed by atoms with Crippen LogP contribution in [0, 0.1) is 0 Å². The summed E-state index contributed by atoms with van der Waals surface area (Å²) in [5, 5.41) is 42.0. The van der Waals surface area contributed by atoms with Crippen LogP contribution in [0.1, 0.15) is 17.7 Å². The van der Waals surface area contributed by atoms with Crippen LogP contribution in [0.2, 0.25) is 0 Å². The molecule has 0 atom stereocenters. The van der Waals surface area contributed by atoms with Crippen LogP contribution in [0.3, 0.4) is 0 Å². The average molecular weight is 706 g/mol. The Bertz CT molecular complexity index is 1900. The first kappa shape index (κ1) is 35.0. The largest absolute Gasteiger partial charge is 0.481 e. The normalized spacial score (nSPS) is 16.5. The molecule has 0 aliphatic carbocycles. The van der Waals surface area contributed by atoms with Gasteiger partial charge in [0, 0.05) is 61.6 Å². The van der Waals surface area contributed by atoms with E-state index in [1.165, 1.54) is 11.1 Å². The fourth-order valence-electron chi connectivity index (χ4n) is 5.47. The molecule has 1 aromatic carbocycles. The monoisotopic (exact) mass is 705 g/mol. The maximum Gasteiger partial charge on any atom is 0.336 e. The van der Waals surface area contributed by atoms with Crippen molar-refractivity contribution < 1.29 is 48.0 Å². The van der Waals surface area contributed by atoms with E-state index in [9.17, 15) is 22.8 Å². The van der Waals surface area contributed by atoms with E-state index in [1.807, 2.05) is 24.4 Å². The number of aliphatic carboxylic acids is 3. The summed E-state index contributed by atoms with van der Waals surface area (Å²) < 4.78 is 31.9. The van der Waals surface area contributed by atoms with E-state index in [4.69, 9.17) is 35.1 Å². The van der Waals surface area contributed by atoms with Gasteiger partial charge in [-0.1, -0.05) is 12.1 Å². The molecule has 0 bridgehead atoms. The quantitative estimate of drug-likeness (QED) is 0.154. The Kier molecular flexibility index (Phi) is 10.6. The summed E-state index contributed by atoms with van der Waals surface area (Å²) in [5.41, 5.74) is 0.111. The number of aromatic amines is 1. The molecule has 2 aliphatic heterocycles. The number of aromatic nitrogens is 4. The van der Waals surface area contributed by atoms with Crippen molar-refractivity contribution in [2.45, 2.75) is 25.0 Å². The second-order valence-electron chi connectivity index (χ2n) is 11.5. The number of fused-ring (bicyclic) bond motifs is 2. The molecular weight excluding hydrogens is 670 g/mol. The summed E-state index contributed by atoms with van der Waals surface area (Å²) in [5.74, 6) is -3.38. The van der Waals surface area contributed by atoms with Crippen molar-refractivity contribution >= 4 is 66.2 Å². The topological polar surface area (TPSA) is 240 Å². The molecule has 6 rings (SSSR count). The van der Waals surface area contributed by atoms with Crippen molar-refractivity contribution in [2.24, 2.45) is 0 Å². The van der Waals surface area contributed by atoms with Gasteiger partial charge in [-0.2, -0.15) is 9.40 Å². The van der Waals surface area contributed by atoms with E-state index in [-0.39, 0.29) is 0 Å². The molecule has 2 aliphatic rings. The lowest BCUT2D eigenvalue weighted by Gasteiger charge is -2.32. The van der Waals surface area contributed by atoms with Gasteiger partial charge < -0.3 is 30.1 Å². The van der Waals surface area contributed by atoms with Crippen molar-refractivity contribution in [3.05, 3.63) is 35.3 Å². The summed E-state index contributed by atoms with van der Waals surface area (Å²) in [6.45, 7) is 6.22. The van der Waals surface area contributed by atoms with Crippen LogP contribution in [0.5, 0.6) is 0 Å². The third-order valence-electron chi connectivity index (χ3n) is 7.91. The third kappa shape index (κ3) is 8.23. The Balaban J connectivity index is 0.000000296. The van der Waals surface area contributed by atoms with E-state index in [0.29, 0.717) is 32.1 Å². The number of ether oxygens (including phenoxy) is 1. The molecule has 0 radical (unpaired) electrons. The van der Waals surface area contributed by atoms with Crippen molar-refractivity contribution in [3.8, 4) is 11.4 Å². The standard InChI is InChI=1S/C23H27N7O3S2.C6H8O7/c1-35(31,32)30-7-5-28(6-8-30)15-16-13-20-21(34-16)23(29-9-11-33-12-10-29)26-22(25-20)17-3-2-4-19-18(17)14-24-27-19;7-3(8)1-6(13,5(11)12)2-4(9)10/h2-4,13-14H,5-12,15H2,1H3,(H,24,27);13H,1-2H2,(H,7,8)(H,9,10)(H,11,12). The second kappa shape index (κ2) is 14.5. The minimum absolute atomic E-state index is 0.529. The maximum absolute atomic E-state index is 11.8. The van der Waals surface area contributed by atoms with Gasteiger partial charge in [0.15, 0.2) is 17.2 Å². The van der Waals surface area contributed by atoms with Crippen LogP contribution < -0.4 is 4.90 Å². The predicted octanol–water partition coefficient (Wildman–Crippen LogP) is 0.900. The highest BCUT2D eigenvalue weighted by molar-refractivity contribution is 7.88. The van der Waals surface area contributed by atoms with E-state index in [2.05, 4.69) is 26.1 Å². The van der Waals surface area contributed by atoms with Gasteiger partial charge in [0.1, 0.15) is 0 Å². The van der Waals surface area contributed by atoms with Gasteiger partial charge in [0.2, 0.25) is 10.0 Å². The first-order valence-corrected chi connectivity index (χ1v) is 17.5. The smallest absolute Gasteiger partial charge is 0.336 e. The second-order valence-corrected chi connectivity index (χ2v) is 14.6. The molecule has 0 spiro atoms. The summed E-state index contributed by atoms with van der Waals surface area (Å²) in [4.78, 5) is 46.3. The van der Waals surface area contributed by atoms with Crippen LogP contribution in [-0.4, -0.2) is 140 Å². The summed E-state index contributed by atoms with van der Waals surface area (Å²) in [6.07, 6.45) is 0.813. The summed E-state index contributed by atoms with van der Waals surface area (Å²) >= 11 is 1.73. The number of nitrogens with one attached hydrogen (secondary N) is 1. The molecule has 17 nitrogen and oxygen atoms in total. The maximum atomic E-state index is 11.8. The van der Waals surface area contributed by atoms with Crippen LogP contribution in [-0.2, 0) is 35.7 Å². The Labute approximate surface area is 278 Å². The number of anilines is 1. The molecule has 5 heterocycles. The number of hydrogen-bond donors (Lipinski definition) is 5. The number of benzene rings is 1. The first-order chi connectivity index (χ1) is 22.7. The molecule has 2 fully saturated rings. The lowest BCUT2D eigenvalue weighted by atomic mass is 9.96. The number of piperazine rings is 1. The first-order valence-electron chi connectivity index (χ1n) is 14.9. The van der Waals surface area contributed by atoms with Gasteiger partial charge in [-0.3, -0.25) is 19.6 Å². The molecule has 0 amide bonds. The number of sulfonamides is 1. The zero-order valence-corrected chi connectivity index (χ0v) is 27.5. The predicted molar refractivity (Wildman–Crippen MR) is 174 cm³/mol. The van der Waals surface area contributed by atoms with Crippen LogP contribution >= 0.6 is 11.3 Å². The Morgan fingerprint density at radius 3 is 2.27 bits per heavy atom. The van der Waals surface area contributed by atoms with Crippen LogP contribution in [0.4, 0.5) is 5.82 Å². The fourth-order valence-corrected chi connectivity index (χ4v) is 7.45. The number of carboxylic acid groups (broad SMARTS) is 3. The number of morpholine rings is 1. The van der Waals surface area contributed by atoms with E-state index < -0.39 is 46.4 Å². The number of H-pyrrole nitrogens is 1. The number of nitrogens with zero attached hydrogens (tertiary/aromatic N) is 6. The van der Waals surface area contributed by atoms with Crippen LogP contribution in [0.25, 0.3) is 32.5 Å².